The van der Waals surface area contributed by atoms with Crippen LogP contribution in [0.2, 0.25) is 0 Å². The van der Waals surface area contributed by atoms with Crippen LogP contribution in [0.5, 0.6) is 0 Å². The lowest BCUT2D eigenvalue weighted by Crippen LogP contribution is -2.32. The Bertz CT molecular complexity index is 702. The summed E-state index contributed by atoms with van der Waals surface area (Å²) >= 11 is 4.03. The molecule has 2 heterocycles. The summed E-state index contributed by atoms with van der Waals surface area (Å²) < 4.78 is 9.34. The summed E-state index contributed by atoms with van der Waals surface area (Å²) in [6.45, 7) is 1.51. The van der Waals surface area contributed by atoms with Crippen LogP contribution < -0.4 is 9.13 Å². The Morgan fingerprint density at radius 3 is 1.93 bits per heavy atom. The molecule has 0 aliphatic rings. The molecular formula is C24H36N2O2S+2. The lowest BCUT2D eigenvalue weighted by molar-refractivity contribution is -0.697. The Morgan fingerprint density at radius 1 is 0.828 bits per heavy atom. The van der Waals surface area contributed by atoms with E-state index in [0.29, 0.717) is 18.8 Å². The second-order valence-electron chi connectivity index (χ2n) is 7.60. The summed E-state index contributed by atoms with van der Waals surface area (Å²) in [5.74, 6) is 0.518. The standard InChI is InChI=1S/C24H35N2O2S/c1-25-16-11-22(12-17-25)23-13-18-26(19-14-23)15-9-7-5-3-2-4-6-8-10-24(27)28-20-21-29/h11-14,16-19H,2-10,15,20-21H2,1H3/q+1/p+1. The van der Waals surface area contributed by atoms with E-state index >= 15 is 0 Å². The summed E-state index contributed by atoms with van der Waals surface area (Å²) in [7, 11) is 2.04. The molecule has 0 aliphatic carbocycles. The van der Waals surface area contributed by atoms with Crippen molar-refractivity contribution in [1.29, 1.82) is 0 Å². The van der Waals surface area contributed by atoms with Crippen molar-refractivity contribution in [1.82, 2.24) is 0 Å². The molecule has 0 bridgehead atoms. The Labute approximate surface area is 181 Å². The molecule has 0 radical (unpaired) electrons. The third-order valence-electron chi connectivity index (χ3n) is 5.10. The number of carbonyl (C=O) groups is 1. The predicted octanol–water partition coefficient (Wildman–Crippen LogP) is 4.45. The normalized spacial score (nSPS) is 10.8. The molecule has 0 spiro atoms. The molecule has 0 atom stereocenters. The van der Waals surface area contributed by atoms with E-state index in [-0.39, 0.29) is 5.97 Å². The number of ether oxygens (including phenoxy) is 1. The minimum Gasteiger partial charge on any atom is -0.465 e. The molecule has 2 rings (SSSR count). The van der Waals surface area contributed by atoms with Crippen LogP contribution in [-0.2, 0) is 23.1 Å². The molecule has 0 amide bonds. The van der Waals surface area contributed by atoms with Crippen LogP contribution >= 0.6 is 12.6 Å². The fourth-order valence-electron chi connectivity index (χ4n) is 3.35. The number of hydrogen-bond donors (Lipinski definition) is 1. The second-order valence-corrected chi connectivity index (χ2v) is 8.05. The van der Waals surface area contributed by atoms with Crippen molar-refractivity contribution in [2.75, 3.05) is 12.4 Å². The highest BCUT2D eigenvalue weighted by Crippen LogP contribution is 2.15. The predicted molar refractivity (Wildman–Crippen MR) is 120 cm³/mol. The van der Waals surface area contributed by atoms with E-state index in [9.17, 15) is 4.79 Å². The minimum absolute atomic E-state index is 0.0811. The lowest BCUT2D eigenvalue weighted by atomic mass is 10.1. The van der Waals surface area contributed by atoms with Gasteiger partial charge in [0.25, 0.3) is 0 Å². The lowest BCUT2D eigenvalue weighted by Gasteiger charge is -2.03. The molecule has 2 aromatic heterocycles. The van der Waals surface area contributed by atoms with Crippen molar-refractivity contribution in [2.45, 2.75) is 64.3 Å². The van der Waals surface area contributed by atoms with Gasteiger partial charge in [-0.25, -0.2) is 9.13 Å². The molecule has 0 fully saturated rings. The van der Waals surface area contributed by atoms with Gasteiger partial charge in [0.1, 0.15) is 20.2 Å². The molecule has 2 aromatic rings. The molecule has 0 aliphatic heterocycles. The minimum atomic E-state index is -0.0811. The van der Waals surface area contributed by atoms with Crippen molar-refractivity contribution < 1.29 is 18.7 Å². The van der Waals surface area contributed by atoms with Gasteiger partial charge in [-0.05, 0) is 24.0 Å². The first kappa shape index (κ1) is 23.4. The maximum atomic E-state index is 11.4. The molecule has 0 N–H and O–H groups in total. The fourth-order valence-corrected chi connectivity index (χ4v) is 3.44. The zero-order valence-electron chi connectivity index (χ0n) is 17.8. The first-order valence-corrected chi connectivity index (χ1v) is 11.5. The first-order chi connectivity index (χ1) is 14.2. The van der Waals surface area contributed by atoms with Crippen molar-refractivity contribution in [2.24, 2.45) is 7.05 Å². The van der Waals surface area contributed by atoms with Gasteiger partial charge in [-0.3, -0.25) is 4.79 Å². The van der Waals surface area contributed by atoms with E-state index in [1.54, 1.807) is 0 Å². The number of esters is 1. The highest BCUT2D eigenvalue weighted by atomic mass is 32.1. The Kier molecular flexibility index (Phi) is 11.4. The second kappa shape index (κ2) is 14.2. The number of carbonyl (C=O) groups excluding carboxylic acids is 1. The smallest absolute Gasteiger partial charge is 0.305 e. The van der Waals surface area contributed by atoms with Crippen molar-refractivity contribution >= 4 is 18.6 Å². The molecule has 0 saturated carbocycles. The van der Waals surface area contributed by atoms with Gasteiger partial charge in [-0.1, -0.05) is 32.1 Å². The van der Waals surface area contributed by atoms with Crippen molar-refractivity contribution in [3.05, 3.63) is 49.1 Å². The highest BCUT2D eigenvalue weighted by molar-refractivity contribution is 7.80. The summed E-state index contributed by atoms with van der Waals surface area (Å²) in [6.07, 6.45) is 18.7. The van der Waals surface area contributed by atoms with Gasteiger partial charge in [0.05, 0.1) is 0 Å². The summed E-state index contributed by atoms with van der Waals surface area (Å²) in [5, 5.41) is 0. The van der Waals surface area contributed by atoms with E-state index in [2.05, 4.69) is 70.8 Å². The third-order valence-corrected chi connectivity index (χ3v) is 5.29. The molecule has 29 heavy (non-hydrogen) atoms. The first-order valence-electron chi connectivity index (χ1n) is 10.9. The van der Waals surface area contributed by atoms with E-state index in [1.165, 1.54) is 49.7 Å². The van der Waals surface area contributed by atoms with Gasteiger partial charge in [-0.15, -0.1) is 0 Å². The SMILES string of the molecule is C[n+]1ccc(-c2cc[n+](CCCCCCCCCCC(=O)OCCS)cc2)cc1. The van der Waals surface area contributed by atoms with Gasteiger partial charge in [0.15, 0.2) is 24.8 Å². The van der Waals surface area contributed by atoms with E-state index < -0.39 is 0 Å². The molecule has 4 nitrogen and oxygen atoms in total. The largest absolute Gasteiger partial charge is 0.465 e. The van der Waals surface area contributed by atoms with Crippen LogP contribution in [0.25, 0.3) is 11.1 Å². The van der Waals surface area contributed by atoms with E-state index in [0.717, 1.165) is 19.4 Å². The van der Waals surface area contributed by atoms with Crippen LogP contribution in [0.4, 0.5) is 0 Å². The van der Waals surface area contributed by atoms with Crippen molar-refractivity contribution in [3.8, 4) is 11.1 Å². The van der Waals surface area contributed by atoms with Crippen LogP contribution in [0.1, 0.15) is 57.8 Å². The number of aromatic nitrogens is 2. The molecule has 0 aromatic carbocycles. The quantitative estimate of drug-likeness (QED) is 0.214. The Balaban J connectivity index is 1.48. The fraction of sp³-hybridized carbons (Fsp3) is 0.542. The van der Waals surface area contributed by atoms with Crippen LogP contribution in [0.3, 0.4) is 0 Å². The number of aryl methyl sites for hydroxylation is 2. The Hall–Kier alpha value is -1.88. The van der Waals surface area contributed by atoms with Crippen LogP contribution in [0, 0.1) is 0 Å². The topological polar surface area (TPSA) is 34.1 Å². The average molecular weight is 417 g/mol. The molecule has 0 unspecified atom stereocenters. The number of unbranched alkanes of at least 4 members (excludes halogenated alkanes) is 7. The number of thiol groups is 1. The zero-order valence-corrected chi connectivity index (χ0v) is 18.7. The average Bonchev–Trinajstić information content (AvgIpc) is 2.74. The molecule has 0 saturated heterocycles. The van der Waals surface area contributed by atoms with Crippen LogP contribution in [0.15, 0.2) is 49.1 Å². The molecule has 5 heteroatoms. The maximum absolute atomic E-state index is 11.4. The maximum Gasteiger partial charge on any atom is 0.305 e. The highest BCUT2D eigenvalue weighted by Gasteiger charge is 2.05. The number of nitrogens with zero attached hydrogens (tertiary/aromatic N) is 2. The molecular weight excluding hydrogens is 380 g/mol. The number of hydrogen-bond acceptors (Lipinski definition) is 3. The van der Waals surface area contributed by atoms with E-state index in [4.69, 9.17) is 4.74 Å². The van der Waals surface area contributed by atoms with E-state index in [1.807, 2.05) is 7.05 Å². The van der Waals surface area contributed by atoms with Gasteiger partial charge in [0, 0.05) is 42.9 Å². The zero-order chi connectivity index (χ0) is 20.7. The summed E-state index contributed by atoms with van der Waals surface area (Å²) in [6, 6.07) is 8.69. The van der Waals surface area contributed by atoms with Gasteiger partial charge < -0.3 is 4.74 Å². The summed E-state index contributed by atoms with van der Waals surface area (Å²) in [4.78, 5) is 11.4. The third kappa shape index (κ3) is 9.93. The van der Waals surface area contributed by atoms with Crippen molar-refractivity contribution in [3.63, 3.8) is 0 Å². The van der Waals surface area contributed by atoms with Gasteiger partial charge in [0.2, 0.25) is 0 Å². The van der Waals surface area contributed by atoms with Crippen LogP contribution in [-0.4, -0.2) is 18.3 Å². The molecule has 158 valence electrons. The monoisotopic (exact) mass is 416 g/mol. The number of rotatable bonds is 14. The Morgan fingerprint density at radius 2 is 1.34 bits per heavy atom. The van der Waals surface area contributed by atoms with Gasteiger partial charge >= 0.3 is 5.97 Å². The summed E-state index contributed by atoms with van der Waals surface area (Å²) in [5.41, 5.74) is 2.52. The number of pyridine rings is 2. The van der Waals surface area contributed by atoms with Gasteiger partial charge in [-0.2, -0.15) is 12.6 Å².